The molecule has 0 atom stereocenters. The molecule has 0 unspecified atom stereocenters. The minimum atomic E-state index is -1.23. The van der Waals surface area contributed by atoms with Crippen molar-refractivity contribution in [2.75, 3.05) is 288 Å². The second-order valence-corrected chi connectivity index (χ2v) is 27.2. The number of carboxylic acid groups (broad SMARTS) is 2. The molecule has 50 nitrogen and oxygen atoms in total. The molecule has 0 aromatic rings. The molecule has 0 aliphatic carbocycles. The molecule has 0 aromatic carbocycles. The van der Waals surface area contributed by atoms with Crippen molar-refractivity contribution in [2.24, 2.45) is 0 Å². The third-order valence-electron chi connectivity index (χ3n) is 16.9. The van der Waals surface area contributed by atoms with Crippen LogP contribution in [-0.2, 0) is 181 Å². The van der Waals surface area contributed by atoms with Crippen LogP contribution in [0, 0.1) is 0 Å². The van der Waals surface area contributed by atoms with E-state index in [0.717, 1.165) is 68.7 Å². The number of hydrogen-bond acceptors (Lipinski definition) is 48. The van der Waals surface area contributed by atoms with Gasteiger partial charge in [0, 0.05) is 180 Å². The van der Waals surface area contributed by atoms with Crippen LogP contribution in [0.5, 0.6) is 0 Å². The largest absolute Gasteiger partial charge is 0.545 e. The van der Waals surface area contributed by atoms with E-state index in [2.05, 4.69) is 139 Å². The molecule has 2 aliphatic rings. The molecule has 2 rings (SSSR count). The Balaban J connectivity index is -0.000000310. The lowest BCUT2D eigenvalue weighted by Crippen LogP contribution is -2.92. The lowest BCUT2D eigenvalue weighted by molar-refractivity contribution is -0.757. The van der Waals surface area contributed by atoms with Gasteiger partial charge < -0.3 is 137 Å². The normalized spacial score (nSPS) is 10.7. The number of hydrogen-bond donors (Lipinski definition) is 7. The number of quaternary nitrogens is 1. The predicted octanol–water partition coefficient (Wildman–Crippen LogP) is -3.77. The fraction of sp³-hybridized carbons (Fsp3) is 0.622. The van der Waals surface area contributed by atoms with Crippen molar-refractivity contribution >= 4 is 119 Å². The van der Waals surface area contributed by atoms with E-state index >= 15 is 0 Å². The average Bonchev–Trinajstić information content (AvgIpc) is 1.79. The number of carboxylic acids is 2. The molecule has 2 heterocycles. The van der Waals surface area contributed by atoms with Gasteiger partial charge in [-0.2, -0.15) is 0 Å². The Morgan fingerprint density at radius 3 is 0.671 bits per heavy atom. The molecular weight excluding hydrogens is 1860 g/mol. The van der Waals surface area contributed by atoms with E-state index in [1.165, 1.54) is 89.1 Å². The monoisotopic (exact) mass is 2010 g/mol. The molecule has 0 spiro atoms. The van der Waals surface area contributed by atoms with Crippen molar-refractivity contribution in [1.82, 2.24) is 46.2 Å². The van der Waals surface area contributed by atoms with Crippen molar-refractivity contribution in [3.63, 3.8) is 0 Å². The van der Waals surface area contributed by atoms with Gasteiger partial charge in [-0.1, -0.05) is 46.1 Å². The molecule has 800 valence electrons. The summed E-state index contributed by atoms with van der Waals surface area (Å²) in [6.07, 6.45) is 10.0. The highest BCUT2D eigenvalue weighted by Crippen LogP contribution is 2.06. The first-order chi connectivity index (χ1) is 66.9. The Morgan fingerprint density at radius 2 is 0.464 bits per heavy atom. The third kappa shape index (κ3) is 114. The first-order valence-corrected chi connectivity index (χ1v) is 43.9. The van der Waals surface area contributed by atoms with Crippen LogP contribution in [0.2, 0.25) is 0 Å². The van der Waals surface area contributed by atoms with Crippen molar-refractivity contribution in [1.29, 1.82) is 0 Å². The molecule has 0 amide bonds. The molecular formula is C90H150N10O40. The summed E-state index contributed by atoms with van der Waals surface area (Å²) in [7, 11) is 13.4. The van der Waals surface area contributed by atoms with Gasteiger partial charge in [-0.05, 0) is 6.08 Å². The third-order valence-corrected chi connectivity index (χ3v) is 16.9. The van der Waals surface area contributed by atoms with Gasteiger partial charge in [0.25, 0.3) is 0 Å². The van der Waals surface area contributed by atoms with E-state index in [4.69, 9.17) is 38.7 Å². The number of nitrogens with zero attached hydrogens (tertiary/aromatic N) is 4. The van der Waals surface area contributed by atoms with Crippen LogP contribution in [0.1, 0.15) is 83.5 Å². The fourth-order valence-electron chi connectivity index (χ4n) is 8.76. The molecule has 140 heavy (non-hydrogen) atoms. The van der Waals surface area contributed by atoms with E-state index in [1.54, 1.807) is 9.80 Å². The molecule has 2 aliphatic heterocycles. The molecule has 0 bridgehead atoms. The number of ether oxygens (including phenoxy) is 18. The second-order valence-electron chi connectivity index (χ2n) is 27.2. The van der Waals surface area contributed by atoms with Crippen LogP contribution in [-0.4, -0.2) is 432 Å². The maximum atomic E-state index is 12.3. The standard InChI is InChI=1S/C27H45N3O12.C18H30N2O8.3C9H15NO4.2C6H11NO2.2C3H4O2/c1-5-22(31)41-20-17-29(13-7-24(33)38-3)16-10-27(36)42-21-18-30(14-8-25(34)39-4)15-9-26(35)40-19-12-28-11-6-23(32)37-2;1-4-15(21)28-14-12-20(10-6-17(23)26-3)11-7-18(24)27-13-9-19-8-5-16(22)25-2;3*1-3-8(11)14-7-6-10-5-4-9(12)13-2;2*1-9-6(8)2-3-7-4-5-7;2*1-2-3(4)5/h5,28H,1,6-21H2,2-4H3;4,19H,1,5-14H2,2-3H3;3*3,10H,1,4-7H2,2H3;2*2-5H2,1H3;2*2H,1H2,(H,4,5). The Labute approximate surface area is 818 Å². The Bertz CT molecular complexity index is 3430. The lowest BCUT2D eigenvalue weighted by atomic mass is 10.3. The maximum absolute atomic E-state index is 12.3. The van der Waals surface area contributed by atoms with Crippen molar-refractivity contribution in [3.05, 3.63) is 88.6 Å². The molecule has 0 saturated carbocycles. The smallest absolute Gasteiger partial charge is 0.330 e. The summed E-state index contributed by atoms with van der Waals surface area (Å²) < 4.78 is 84.8. The lowest BCUT2D eigenvalue weighted by Gasteiger charge is -2.22. The number of esters is 18. The zero-order chi connectivity index (χ0) is 107. The SMILES string of the molecule is C=CC(=O)O.C=CC(=O)OCCN(CCC(=O)OC)CCC(=O)OCCN(CCC(=O)OC)CCC(=O)OCCNCCC(=O)OC.C=CC(=O)OCCN(CCC(=O)OC)CCC(=O)OCCNCCC(=O)OC.C=CC(=O)OCCNCCC(=O)OC.C=CC(=O)OCCNCCC(=O)OC.C=CC(=O)OCCNCCC(=O)OC.C=CC(=O)[O-].COC(=O)CCN1CC1.COC(=O)CC[NH+]1CC1. The van der Waals surface area contributed by atoms with Crippen LogP contribution in [0.25, 0.3) is 0 Å². The van der Waals surface area contributed by atoms with Gasteiger partial charge >= 0.3 is 113 Å². The van der Waals surface area contributed by atoms with E-state index in [9.17, 15) is 91.1 Å². The Kier molecular flexibility index (Phi) is 104. The van der Waals surface area contributed by atoms with Gasteiger partial charge in [0.2, 0.25) is 0 Å². The highest BCUT2D eigenvalue weighted by Gasteiger charge is 2.24. The van der Waals surface area contributed by atoms with Gasteiger partial charge in [0.05, 0.1) is 167 Å². The number of nitrogens with one attached hydrogen (secondary N) is 6. The van der Waals surface area contributed by atoms with E-state index in [1.807, 2.05) is 4.90 Å². The Hall–Kier alpha value is -12.8. The predicted molar refractivity (Wildman–Crippen MR) is 498 cm³/mol. The Morgan fingerprint density at radius 1 is 0.271 bits per heavy atom. The zero-order valence-corrected chi connectivity index (χ0v) is 82.7. The first kappa shape index (κ1) is 140. The number of methoxy groups -OCH3 is 10. The fourth-order valence-corrected chi connectivity index (χ4v) is 8.76. The summed E-state index contributed by atoms with van der Waals surface area (Å²) in [5.41, 5.74) is 0. The van der Waals surface area contributed by atoms with Crippen LogP contribution >= 0.6 is 0 Å². The summed E-state index contributed by atoms with van der Waals surface area (Å²) in [6, 6.07) is 0. The summed E-state index contributed by atoms with van der Waals surface area (Å²) in [5.74, 6) is -8.78. The molecule has 50 heteroatoms. The zero-order valence-electron chi connectivity index (χ0n) is 82.7. The van der Waals surface area contributed by atoms with Gasteiger partial charge in [-0.15, -0.1) is 0 Å². The van der Waals surface area contributed by atoms with E-state index in [-0.39, 0.29) is 184 Å². The quantitative estimate of drug-likeness (QED) is 0.0101. The summed E-state index contributed by atoms with van der Waals surface area (Å²) in [5, 5.41) is 31.4. The van der Waals surface area contributed by atoms with Crippen LogP contribution in [0.4, 0.5) is 0 Å². The average molecular weight is 2010 g/mol. The van der Waals surface area contributed by atoms with Crippen LogP contribution in [0.15, 0.2) is 88.6 Å². The highest BCUT2D eigenvalue weighted by molar-refractivity contribution is 5.83. The number of aliphatic carboxylic acids is 2. The summed E-state index contributed by atoms with van der Waals surface area (Å²) >= 11 is 0. The highest BCUT2D eigenvalue weighted by atomic mass is 16.6. The molecule has 0 aromatic heterocycles. The second kappa shape index (κ2) is 104. The minimum Gasteiger partial charge on any atom is -0.545 e. The van der Waals surface area contributed by atoms with Crippen molar-refractivity contribution in [3.8, 4) is 0 Å². The van der Waals surface area contributed by atoms with Crippen LogP contribution < -0.4 is 36.6 Å². The topological polar surface area (TPSA) is 628 Å². The molecule has 7 N–H and O–H groups in total. The van der Waals surface area contributed by atoms with E-state index < -0.39 is 65.7 Å². The number of carbonyl (C=O) groups excluding carboxylic acids is 19. The van der Waals surface area contributed by atoms with Crippen molar-refractivity contribution in [2.45, 2.75) is 83.5 Å². The van der Waals surface area contributed by atoms with Gasteiger partial charge in [0.15, 0.2) is 0 Å². The van der Waals surface area contributed by atoms with Gasteiger partial charge in [-0.3, -0.25) is 77.0 Å². The van der Waals surface area contributed by atoms with Crippen LogP contribution in [0.3, 0.4) is 0 Å². The number of carbonyl (C=O) groups is 20. The number of rotatable bonds is 70. The van der Waals surface area contributed by atoms with Crippen molar-refractivity contribution < 1.29 is 196 Å². The molecule has 0 radical (unpaired) electrons. The molecule has 2 saturated heterocycles. The minimum absolute atomic E-state index is 0.0261. The maximum Gasteiger partial charge on any atom is 0.330 e. The first-order valence-electron chi connectivity index (χ1n) is 43.9. The molecule has 2 fully saturated rings. The van der Waals surface area contributed by atoms with E-state index in [0.29, 0.717) is 130 Å². The van der Waals surface area contributed by atoms with Gasteiger partial charge in [-0.25, -0.2) is 28.8 Å². The summed E-state index contributed by atoms with van der Waals surface area (Å²) in [4.78, 5) is 227. The van der Waals surface area contributed by atoms with Gasteiger partial charge in [0.1, 0.15) is 65.9 Å². The summed E-state index contributed by atoms with van der Waals surface area (Å²) in [6.45, 7) is 37.6.